The Morgan fingerprint density at radius 1 is 1.19 bits per heavy atom. The van der Waals surface area contributed by atoms with Gasteiger partial charge in [-0.05, 0) is 64.5 Å². The van der Waals surface area contributed by atoms with Crippen molar-refractivity contribution in [2.75, 3.05) is 39.8 Å². The van der Waals surface area contributed by atoms with Gasteiger partial charge in [-0.25, -0.2) is 4.79 Å². The van der Waals surface area contributed by atoms with Gasteiger partial charge in [-0.2, -0.15) is 0 Å². The summed E-state index contributed by atoms with van der Waals surface area (Å²) in [7, 11) is 1.76. The number of likely N-dealkylation sites (tertiary alicyclic amines) is 1. The van der Waals surface area contributed by atoms with Crippen LogP contribution in [0, 0.1) is 5.92 Å². The first-order chi connectivity index (χ1) is 15.3. The molecule has 1 aliphatic heterocycles. The fraction of sp³-hybridized carbons (Fsp3) is 0.696. The molecule has 2 amide bonds. The highest BCUT2D eigenvalue weighted by atomic mass is 16.6. The summed E-state index contributed by atoms with van der Waals surface area (Å²) in [4.78, 5) is 33.3. The number of aliphatic imine (C=N–C) groups is 1. The second kappa shape index (κ2) is 10.7. The average molecular weight is 448 g/mol. The smallest absolute Gasteiger partial charge is 0.410 e. The van der Waals surface area contributed by atoms with Crippen LogP contribution in [0.1, 0.15) is 57.0 Å². The van der Waals surface area contributed by atoms with Crippen LogP contribution >= 0.6 is 0 Å². The fourth-order valence-electron chi connectivity index (χ4n) is 3.84. The number of guanidine groups is 1. The van der Waals surface area contributed by atoms with E-state index in [0.717, 1.165) is 38.4 Å². The lowest BCUT2D eigenvalue weighted by Gasteiger charge is -2.40. The molecule has 178 valence electrons. The first-order valence-corrected chi connectivity index (χ1v) is 11.5. The van der Waals surface area contributed by atoms with Gasteiger partial charge in [0.1, 0.15) is 5.60 Å². The summed E-state index contributed by atoms with van der Waals surface area (Å²) in [6, 6.07) is 3.51. The molecule has 1 saturated carbocycles. The van der Waals surface area contributed by atoms with Crippen LogP contribution in [0.3, 0.4) is 0 Å². The number of ether oxygens (including phenoxy) is 1. The number of piperidine rings is 1. The lowest BCUT2D eigenvalue weighted by molar-refractivity contribution is 0.00927. The molecule has 1 aromatic heterocycles. The second-order valence-corrected chi connectivity index (χ2v) is 9.50. The molecule has 0 atom stereocenters. The third-order valence-corrected chi connectivity index (χ3v) is 5.64. The molecule has 1 saturated heterocycles. The lowest BCUT2D eigenvalue weighted by atomic mass is 10.0. The number of nitrogens with zero attached hydrogens (tertiary/aromatic N) is 3. The maximum atomic E-state index is 12.8. The van der Waals surface area contributed by atoms with Gasteiger partial charge in [-0.15, -0.1) is 0 Å². The predicted molar refractivity (Wildman–Crippen MR) is 123 cm³/mol. The molecule has 0 spiro atoms. The Hall–Kier alpha value is -2.71. The van der Waals surface area contributed by atoms with Gasteiger partial charge in [-0.1, -0.05) is 0 Å². The Morgan fingerprint density at radius 3 is 2.44 bits per heavy atom. The minimum atomic E-state index is -0.488. The summed E-state index contributed by atoms with van der Waals surface area (Å²) < 4.78 is 10.8. The van der Waals surface area contributed by atoms with Gasteiger partial charge in [-0.3, -0.25) is 9.79 Å². The molecular formula is C23H37N5O4. The third-order valence-electron chi connectivity index (χ3n) is 5.64. The highest BCUT2D eigenvalue weighted by Gasteiger charge is 2.35. The predicted octanol–water partition coefficient (Wildman–Crippen LogP) is 2.70. The Kier molecular flexibility index (Phi) is 8.04. The normalized spacial score (nSPS) is 17.8. The number of rotatable bonds is 7. The van der Waals surface area contributed by atoms with E-state index in [-0.39, 0.29) is 18.0 Å². The summed E-state index contributed by atoms with van der Waals surface area (Å²) in [6.45, 7) is 9.18. The first-order valence-electron chi connectivity index (χ1n) is 11.5. The molecule has 2 aliphatic rings. The number of hydrogen-bond acceptors (Lipinski definition) is 5. The average Bonchev–Trinajstić information content (AvgIpc) is 3.40. The van der Waals surface area contributed by atoms with Crippen LogP contribution in [0.2, 0.25) is 0 Å². The Labute approximate surface area is 190 Å². The molecule has 9 heteroatoms. The van der Waals surface area contributed by atoms with E-state index < -0.39 is 5.60 Å². The molecule has 1 aliphatic carbocycles. The van der Waals surface area contributed by atoms with Gasteiger partial charge >= 0.3 is 6.09 Å². The molecular weight excluding hydrogens is 410 g/mol. The molecule has 2 heterocycles. The van der Waals surface area contributed by atoms with Crippen molar-refractivity contribution in [3.63, 3.8) is 0 Å². The zero-order valence-corrected chi connectivity index (χ0v) is 19.7. The molecule has 1 aromatic rings. The van der Waals surface area contributed by atoms with Gasteiger partial charge in [0.05, 0.1) is 6.26 Å². The Bertz CT molecular complexity index is 775. The SMILES string of the molecule is CN=C(NCCNC(=O)c1ccco1)N1CCC(N(CC2CC2)C(=O)OC(C)(C)C)CC1. The summed E-state index contributed by atoms with van der Waals surface area (Å²) in [5.41, 5.74) is -0.488. The van der Waals surface area contributed by atoms with E-state index in [1.165, 1.54) is 19.1 Å². The van der Waals surface area contributed by atoms with Crippen LogP contribution in [0.15, 0.2) is 27.8 Å². The van der Waals surface area contributed by atoms with Gasteiger partial charge in [0, 0.05) is 45.8 Å². The zero-order chi connectivity index (χ0) is 23.1. The minimum absolute atomic E-state index is 0.187. The van der Waals surface area contributed by atoms with Crippen molar-refractivity contribution in [3.8, 4) is 0 Å². The van der Waals surface area contributed by atoms with Gasteiger partial charge in [0.15, 0.2) is 11.7 Å². The molecule has 3 rings (SSSR count). The maximum absolute atomic E-state index is 12.8. The van der Waals surface area contributed by atoms with Crippen LogP contribution in [0.4, 0.5) is 4.79 Å². The molecule has 2 N–H and O–H groups in total. The molecule has 0 bridgehead atoms. The van der Waals surface area contributed by atoms with Crippen molar-refractivity contribution in [3.05, 3.63) is 24.2 Å². The minimum Gasteiger partial charge on any atom is -0.459 e. The second-order valence-electron chi connectivity index (χ2n) is 9.50. The van der Waals surface area contributed by atoms with Crippen LogP contribution in [0.25, 0.3) is 0 Å². The molecule has 0 unspecified atom stereocenters. The van der Waals surface area contributed by atoms with Gasteiger partial charge in [0.2, 0.25) is 0 Å². The number of amides is 2. The van der Waals surface area contributed by atoms with Gasteiger partial charge in [0.25, 0.3) is 5.91 Å². The molecule has 9 nitrogen and oxygen atoms in total. The van der Waals surface area contributed by atoms with Crippen molar-refractivity contribution in [1.82, 2.24) is 20.4 Å². The third kappa shape index (κ3) is 7.17. The molecule has 0 radical (unpaired) electrons. The Morgan fingerprint density at radius 2 is 1.88 bits per heavy atom. The van der Waals surface area contributed by atoms with E-state index in [0.29, 0.717) is 24.8 Å². The Balaban J connectivity index is 1.44. The van der Waals surface area contributed by atoms with Crippen LogP contribution in [-0.4, -0.2) is 79.2 Å². The monoisotopic (exact) mass is 447 g/mol. The van der Waals surface area contributed by atoms with Crippen molar-refractivity contribution < 1.29 is 18.7 Å². The molecule has 0 aromatic carbocycles. The number of nitrogens with one attached hydrogen (secondary N) is 2. The summed E-state index contributed by atoms with van der Waals surface area (Å²) in [5.74, 6) is 1.50. The lowest BCUT2D eigenvalue weighted by Crippen LogP contribution is -2.53. The molecule has 2 fully saturated rings. The van der Waals surface area contributed by atoms with Crippen molar-refractivity contribution in [2.45, 2.75) is 58.1 Å². The summed E-state index contributed by atoms with van der Waals surface area (Å²) in [5, 5.41) is 6.12. The van der Waals surface area contributed by atoms with Crippen molar-refractivity contribution in [1.29, 1.82) is 0 Å². The van der Waals surface area contributed by atoms with Crippen LogP contribution < -0.4 is 10.6 Å². The van der Waals surface area contributed by atoms with Gasteiger partial charge < -0.3 is 29.6 Å². The van der Waals surface area contributed by atoms with E-state index in [9.17, 15) is 9.59 Å². The zero-order valence-electron chi connectivity index (χ0n) is 19.7. The standard InChI is InChI=1S/C23H37N5O4/c1-23(2,3)32-22(30)28(16-17-7-8-17)18-9-13-27(14-10-18)21(24-4)26-12-11-25-20(29)19-6-5-15-31-19/h5-6,15,17-18H,7-14,16H2,1-4H3,(H,24,26)(H,25,29). The van der Waals surface area contributed by atoms with Crippen LogP contribution in [-0.2, 0) is 4.74 Å². The van der Waals surface area contributed by atoms with E-state index in [2.05, 4.69) is 20.5 Å². The maximum Gasteiger partial charge on any atom is 0.410 e. The number of carbonyl (C=O) groups is 2. The number of furan rings is 1. The highest BCUT2D eigenvalue weighted by Crippen LogP contribution is 2.32. The first kappa shape index (κ1) is 23.9. The largest absolute Gasteiger partial charge is 0.459 e. The summed E-state index contributed by atoms with van der Waals surface area (Å²) in [6.07, 6.45) is 5.44. The quantitative estimate of drug-likeness (QED) is 0.379. The van der Waals surface area contributed by atoms with Crippen LogP contribution in [0.5, 0.6) is 0 Å². The van der Waals surface area contributed by atoms with E-state index in [1.54, 1.807) is 19.2 Å². The van der Waals surface area contributed by atoms with E-state index >= 15 is 0 Å². The topological polar surface area (TPSA) is 99.4 Å². The van der Waals surface area contributed by atoms with E-state index in [1.807, 2.05) is 25.7 Å². The van der Waals surface area contributed by atoms with E-state index in [4.69, 9.17) is 9.15 Å². The van der Waals surface area contributed by atoms with Crippen molar-refractivity contribution >= 4 is 18.0 Å². The van der Waals surface area contributed by atoms with Crippen molar-refractivity contribution in [2.24, 2.45) is 10.9 Å². The highest BCUT2D eigenvalue weighted by molar-refractivity contribution is 5.91. The summed E-state index contributed by atoms with van der Waals surface area (Å²) >= 11 is 0. The number of carbonyl (C=O) groups excluding carboxylic acids is 2. The fourth-order valence-corrected chi connectivity index (χ4v) is 3.84. The molecule has 32 heavy (non-hydrogen) atoms. The number of hydrogen-bond donors (Lipinski definition) is 2.